The summed E-state index contributed by atoms with van der Waals surface area (Å²) < 4.78 is 34.4. The molecule has 0 saturated carbocycles. The van der Waals surface area contributed by atoms with E-state index in [9.17, 15) is 18.0 Å². The molecule has 2 aliphatic rings. The second-order valence-corrected chi connectivity index (χ2v) is 9.85. The summed E-state index contributed by atoms with van der Waals surface area (Å²) in [6.07, 6.45) is 0. The number of hydrazine groups is 1. The molecule has 1 unspecified atom stereocenters. The van der Waals surface area contributed by atoms with Gasteiger partial charge in [0.1, 0.15) is 16.5 Å². The van der Waals surface area contributed by atoms with Crippen LogP contribution in [0.2, 0.25) is 0 Å². The summed E-state index contributed by atoms with van der Waals surface area (Å²) in [6, 6.07) is 15.2. The van der Waals surface area contributed by atoms with Crippen LogP contribution in [0.1, 0.15) is 15.2 Å². The van der Waals surface area contributed by atoms with Gasteiger partial charge in [0.25, 0.3) is 15.9 Å². The Bertz CT molecular complexity index is 1410. The molecule has 1 atom stereocenters. The molecule has 2 N–H and O–H groups in total. The molecular formula is C22H18N4O5S2. The average molecular weight is 483 g/mol. The number of hydrogen-bond donors (Lipinski definition) is 2. The van der Waals surface area contributed by atoms with Gasteiger partial charge in [-0.05, 0) is 41.3 Å². The smallest absolute Gasteiger partial charge is 0.286 e. The zero-order valence-electron chi connectivity index (χ0n) is 17.3. The van der Waals surface area contributed by atoms with Gasteiger partial charge in [-0.25, -0.2) is 10.4 Å². The lowest BCUT2D eigenvalue weighted by molar-refractivity contribution is -0.120. The number of amidine groups is 1. The molecule has 168 valence electrons. The van der Waals surface area contributed by atoms with Crippen LogP contribution < -0.4 is 20.5 Å². The van der Waals surface area contributed by atoms with E-state index in [2.05, 4.69) is 15.1 Å². The molecule has 2 aromatic carbocycles. The summed E-state index contributed by atoms with van der Waals surface area (Å²) in [4.78, 5) is 27.0. The molecule has 2 aliphatic heterocycles. The van der Waals surface area contributed by atoms with Crippen molar-refractivity contribution in [1.82, 2.24) is 5.43 Å². The van der Waals surface area contributed by atoms with Crippen molar-refractivity contribution >= 4 is 50.3 Å². The predicted molar refractivity (Wildman–Crippen MR) is 124 cm³/mol. The normalized spacial score (nSPS) is 18.8. The second-order valence-electron chi connectivity index (χ2n) is 7.37. The van der Waals surface area contributed by atoms with Crippen molar-refractivity contribution < 1.29 is 22.7 Å². The molecule has 3 aromatic rings. The summed E-state index contributed by atoms with van der Waals surface area (Å²) in [5.41, 5.74) is 4.62. The van der Waals surface area contributed by atoms with Crippen LogP contribution in [0.4, 0.5) is 11.4 Å². The van der Waals surface area contributed by atoms with Gasteiger partial charge < -0.3 is 10.1 Å². The third-order valence-electron chi connectivity index (χ3n) is 5.33. The zero-order chi connectivity index (χ0) is 23.2. The number of para-hydroxylation sites is 1. The maximum Gasteiger partial charge on any atom is 0.286 e. The van der Waals surface area contributed by atoms with Gasteiger partial charge in [-0.1, -0.05) is 24.3 Å². The highest BCUT2D eigenvalue weighted by Crippen LogP contribution is 2.36. The van der Waals surface area contributed by atoms with Crippen LogP contribution in [0.5, 0.6) is 5.75 Å². The number of fused-ring (bicyclic) bond motifs is 2. The minimum Gasteiger partial charge on any atom is -0.497 e. The Kier molecular flexibility index (Phi) is 5.23. The third-order valence-corrected chi connectivity index (χ3v) is 7.60. The fourth-order valence-corrected chi connectivity index (χ4v) is 5.77. The molecule has 11 heteroatoms. The minimum absolute atomic E-state index is 0.00530. The fourth-order valence-electron chi connectivity index (χ4n) is 3.77. The van der Waals surface area contributed by atoms with Gasteiger partial charge in [0.05, 0.1) is 23.4 Å². The van der Waals surface area contributed by atoms with Crippen molar-refractivity contribution in [3.05, 3.63) is 70.4 Å². The number of amides is 1. The molecule has 0 saturated heterocycles. The molecule has 33 heavy (non-hydrogen) atoms. The van der Waals surface area contributed by atoms with Crippen LogP contribution in [0.25, 0.3) is 0 Å². The Morgan fingerprint density at radius 2 is 1.97 bits per heavy atom. The third kappa shape index (κ3) is 3.69. The van der Waals surface area contributed by atoms with Crippen LogP contribution in [0.15, 0.2) is 69.3 Å². The van der Waals surface area contributed by atoms with E-state index in [0.29, 0.717) is 16.3 Å². The summed E-state index contributed by atoms with van der Waals surface area (Å²) in [7, 11) is -2.49. The highest BCUT2D eigenvalue weighted by Gasteiger charge is 2.45. The highest BCUT2D eigenvalue weighted by atomic mass is 32.2. The first kappa shape index (κ1) is 21.3. The number of anilines is 2. The van der Waals surface area contributed by atoms with Crippen molar-refractivity contribution in [1.29, 1.82) is 0 Å². The van der Waals surface area contributed by atoms with Crippen LogP contribution in [0, 0.1) is 5.92 Å². The fraction of sp³-hybridized carbons (Fsp3) is 0.136. The van der Waals surface area contributed by atoms with Crippen LogP contribution in [-0.4, -0.2) is 33.1 Å². The van der Waals surface area contributed by atoms with Gasteiger partial charge in [0, 0.05) is 6.54 Å². The lowest BCUT2D eigenvalue weighted by Crippen LogP contribution is -2.54. The molecule has 3 heterocycles. The Balaban J connectivity index is 1.49. The van der Waals surface area contributed by atoms with E-state index in [4.69, 9.17) is 4.74 Å². The van der Waals surface area contributed by atoms with E-state index >= 15 is 0 Å². The molecule has 0 radical (unpaired) electrons. The lowest BCUT2D eigenvalue weighted by atomic mass is 9.95. The van der Waals surface area contributed by atoms with Crippen LogP contribution >= 0.6 is 11.3 Å². The van der Waals surface area contributed by atoms with Gasteiger partial charge in [0.15, 0.2) is 11.7 Å². The maximum absolute atomic E-state index is 13.5. The number of nitrogens with one attached hydrogen (secondary N) is 2. The summed E-state index contributed by atoms with van der Waals surface area (Å²) in [5, 5.41) is 5.87. The SMILES string of the molecule is COc1cccc(CNN2C(=O)C(C3=NS(=O)(=O)c4ccccc4N3)C(=O)c3sccc32)c1. The number of Topliss-reactive ketones (excluding diaryl/α,β-unsaturated/α-hetero) is 1. The lowest BCUT2D eigenvalue weighted by Gasteiger charge is -2.33. The number of benzene rings is 2. The standard InChI is InChI=1S/C22H18N4O5S2/c1-31-14-6-4-5-13(11-14)12-23-26-16-9-10-32-20(16)19(27)18(22(26)28)21-24-15-7-2-3-8-17(15)33(29,30)25-21/h2-11,18,23H,12H2,1H3,(H,24,25). The molecule has 0 fully saturated rings. The molecule has 0 aliphatic carbocycles. The molecule has 1 aromatic heterocycles. The maximum atomic E-state index is 13.5. The number of carbonyl (C=O) groups is 2. The van der Waals surface area contributed by atoms with E-state index in [1.165, 1.54) is 22.4 Å². The Morgan fingerprint density at radius 3 is 2.79 bits per heavy atom. The van der Waals surface area contributed by atoms with Crippen molar-refractivity contribution in [2.45, 2.75) is 11.4 Å². The Labute approximate surface area is 193 Å². The van der Waals surface area contributed by atoms with Crippen molar-refractivity contribution in [3.8, 4) is 5.75 Å². The zero-order valence-corrected chi connectivity index (χ0v) is 18.9. The van der Waals surface area contributed by atoms with E-state index < -0.39 is 27.6 Å². The van der Waals surface area contributed by atoms with Gasteiger partial charge in [-0.15, -0.1) is 15.7 Å². The number of sulfonamides is 1. The van der Waals surface area contributed by atoms with E-state index in [1.54, 1.807) is 36.8 Å². The topological polar surface area (TPSA) is 117 Å². The summed E-state index contributed by atoms with van der Waals surface area (Å²) in [5.74, 6) is -2.07. The number of ketones is 1. The first-order valence-corrected chi connectivity index (χ1v) is 12.2. The Morgan fingerprint density at radius 1 is 1.15 bits per heavy atom. The number of rotatable bonds is 5. The number of methoxy groups -OCH3 is 1. The van der Waals surface area contributed by atoms with Gasteiger partial charge in [-0.2, -0.15) is 8.42 Å². The van der Waals surface area contributed by atoms with Crippen molar-refractivity contribution in [2.24, 2.45) is 10.3 Å². The second kappa shape index (κ2) is 8.10. The quantitative estimate of drug-likeness (QED) is 0.537. The molecule has 0 spiro atoms. The molecular weight excluding hydrogens is 464 g/mol. The van der Waals surface area contributed by atoms with Crippen molar-refractivity contribution in [2.75, 3.05) is 17.4 Å². The molecule has 9 nitrogen and oxygen atoms in total. The minimum atomic E-state index is -4.06. The molecule has 1 amide bonds. The van der Waals surface area contributed by atoms with E-state index in [-0.39, 0.29) is 23.0 Å². The van der Waals surface area contributed by atoms with Crippen LogP contribution in [-0.2, 0) is 21.4 Å². The van der Waals surface area contributed by atoms with Crippen molar-refractivity contribution in [3.63, 3.8) is 0 Å². The Hall–Kier alpha value is -3.54. The number of carbonyl (C=O) groups excluding carboxylic acids is 2. The van der Waals surface area contributed by atoms with Gasteiger partial charge in [-0.3, -0.25) is 9.59 Å². The predicted octanol–water partition coefficient (Wildman–Crippen LogP) is 2.82. The number of hydrogen-bond acceptors (Lipinski definition) is 8. The highest BCUT2D eigenvalue weighted by molar-refractivity contribution is 7.90. The molecule has 5 rings (SSSR count). The summed E-state index contributed by atoms with van der Waals surface area (Å²) >= 11 is 1.18. The van der Waals surface area contributed by atoms with Gasteiger partial charge >= 0.3 is 0 Å². The first-order valence-electron chi connectivity index (χ1n) is 9.92. The van der Waals surface area contributed by atoms with E-state index in [1.807, 2.05) is 24.3 Å². The monoisotopic (exact) mass is 482 g/mol. The number of nitrogens with zero attached hydrogens (tertiary/aromatic N) is 2. The largest absolute Gasteiger partial charge is 0.497 e. The molecule has 0 bridgehead atoms. The number of thiophene rings is 1. The van der Waals surface area contributed by atoms with Crippen LogP contribution in [0.3, 0.4) is 0 Å². The number of ether oxygens (including phenoxy) is 1. The van der Waals surface area contributed by atoms with E-state index in [0.717, 1.165) is 5.56 Å². The average Bonchev–Trinajstić information content (AvgIpc) is 3.29. The summed E-state index contributed by atoms with van der Waals surface area (Å²) in [6.45, 7) is 0.278. The first-order chi connectivity index (χ1) is 15.9. The van der Waals surface area contributed by atoms with Gasteiger partial charge in [0.2, 0.25) is 0 Å².